The number of amides is 1. The van der Waals surface area contributed by atoms with Gasteiger partial charge in [0.1, 0.15) is 5.88 Å². The van der Waals surface area contributed by atoms with Gasteiger partial charge in [0.15, 0.2) is 0 Å². The smallest absolute Gasteiger partial charge is 0.238 e. The molecule has 16 heavy (non-hydrogen) atoms. The van der Waals surface area contributed by atoms with E-state index in [0.29, 0.717) is 12.6 Å². The molecule has 0 aliphatic heterocycles. The normalized spacial score (nSPS) is 14.9. The van der Waals surface area contributed by atoms with Crippen LogP contribution in [0.1, 0.15) is 24.0 Å². The fourth-order valence-corrected chi connectivity index (χ4v) is 2.04. The predicted molar refractivity (Wildman–Crippen MR) is 65.5 cm³/mol. The molecule has 0 heterocycles. The molecule has 1 aromatic rings. The number of alkyl halides is 1. The van der Waals surface area contributed by atoms with Gasteiger partial charge in [0.2, 0.25) is 5.91 Å². The fourth-order valence-electron chi connectivity index (χ4n) is 1.89. The molecule has 1 aliphatic carbocycles. The lowest BCUT2D eigenvalue weighted by Gasteiger charge is -2.21. The Bertz CT molecular complexity index is 387. The highest BCUT2D eigenvalue weighted by Gasteiger charge is 2.31. The minimum atomic E-state index is 0.0469. The third-order valence-corrected chi connectivity index (χ3v) is 3.09. The Kier molecular flexibility index (Phi) is 3.49. The Labute approximate surface area is 101 Å². The summed E-state index contributed by atoms with van der Waals surface area (Å²) in [6.45, 7) is 2.76. The summed E-state index contributed by atoms with van der Waals surface area (Å²) in [4.78, 5) is 13.6. The minimum absolute atomic E-state index is 0.0469. The third-order valence-electron chi connectivity index (χ3n) is 2.86. The van der Waals surface area contributed by atoms with Gasteiger partial charge in [0, 0.05) is 12.6 Å². The molecule has 0 atom stereocenters. The lowest BCUT2D eigenvalue weighted by Crippen LogP contribution is -2.33. The van der Waals surface area contributed by atoms with Crippen molar-refractivity contribution in [2.45, 2.75) is 32.4 Å². The van der Waals surface area contributed by atoms with Crippen molar-refractivity contribution in [3.8, 4) is 0 Å². The Morgan fingerprint density at radius 2 is 2.25 bits per heavy atom. The van der Waals surface area contributed by atoms with E-state index in [1.165, 1.54) is 11.1 Å². The van der Waals surface area contributed by atoms with Gasteiger partial charge in [-0.2, -0.15) is 0 Å². The van der Waals surface area contributed by atoms with Gasteiger partial charge < -0.3 is 4.90 Å². The maximum Gasteiger partial charge on any atom is 0.238 e. The highest BCUT2D eigenvalue weighted by Crippen LogP contribution is 2.28. The molecule has 1 saturated carbocycles. The van der Waals surface area contributed by atoms with Crippen LogP contribution in [-0.2, 0) is 11.3 Å². The van der Waals surface area contributed by atoms with Gasteiger partial charge in [-0.3, -0.25) is 4.79 Å². The van der Waals surface area contributed by atoms with Crippen molar-refractivity contribution in [1.82, 2.24) is 4.90 Å². The minimum Gasteiger partial charge on any atom is -0.334 e. The van der Waals surface area contributed by atoms with Gasteiger partial charge >= 0.3 is 0 Å². The Morgan fingerprint density at radius 3 is 2.81 bits per heavy atom. The van der Waals surface area contributed by atoms with E-state index in [9.17, 15) is 4.79 Å². The van der Waals surface area contributed by atoms with Gasteiger partial charge in [-0.25, -0.2) is 0 Å². The van der Waals surface area contributed by atoms with Crippen molar-refractivity contribution >= 4 is 17.5 Å². The number of rotatable bonds is 4. The molecule has 0 radical (unpaired) electrons. The molecule has 1 aromatic carbocycles. The van der Waals surface area contributed by atoms with Gasteiger partial charge in [0.05, 0.1) is 0 Å². The van der Waals surface area contributed by atoms with Crippen LogP contribution in [0, 0.1) is 6.92 Å². The quantitative estimate of drug-likeness (QED) is 0.738. The van der Waals surface area contributed by atoms with Crippen LogP contribution in [0.25, 0.3) is 0 Å². The summed E-state index contributed by atoms with van der Waals surface area (Å²) in [5, 5.41) is 0. The highest BCUT2D eigenvalue weighted by molar-refractivity contribution is 6.27. The summed E-state index contributed by atoms with van der Waals surface area (Å²) in [5.74, 6) is 0.133. The third kappa shape index (κ3) is 2.76. The summed E-state index contributed by atoms with van der Waals surface area (Å²) < 4.78 is 0. The lowest BCUT2D eigenvalue weighted by molar-refractivity contribution is -0.129. The molecule has 2 rings (SSSR count). The van der Waals surface area contributed by atoms with E-state index < -0.39 is 0 Å². The van der Waals surface area contributed by atoms with Crippen LogP contribution >= 0.6 is 11.6 Å². The van der Waals surface area contributed by atoms with Gasteiger partial charge in [0.25, 0.3) is 0 Å². The average Bonchev–Trinajstić information content (AvgIpc) is 3.09. The predicted octanol–water partition coefficient (Wildman–Crippen LogP) is 2.72. The molecule has 3 heteroatoms. The van der Waals surface area contributed by atoms with Crippen LogP contribution in [0.15, 0.2) is 24.3 Å². The lowest BCUT2D eigenvalue weighted by atomic mass is 10.1. The van der Waals surface area contributed by atoms with Crippen LogP contribution in [0.3, 0.4) is 0 Å². The van der Waals surface area contributed by atoms with E-state index >= 15 is 0 Å². The van der Waals surface area contributed by atoms with Crippen molar-refractivity contribution < 1.29 is 4.79 Å². The number of hydrogen-bond donors (Lipinski definition) is 0. The van der Waals surface area contributed by atoms with E-state index in [1.807, 2.05) is 11.0 Å². The molecule has 0 bridgehead atoms. The molecule has 0 aromatic heterocycles. The maximum atomic E-state index is 11.7. The summed E-state index contributed by atoms with van der Waals surface area (Å²) >= 11 is 5.62. The number of aryl methyl sites for hydroxylation is 1. The van der Waals surface area contributed by atoms with Crippen molar-refractivity contribution in [3.05, 3.63) is 35.4 Å². The van der Waals surface area contributed by atoms with E-state index in [2.05, 4.69) is 25.1 Å². The first-order valence-corrected chi connectivity index (χ1v) is 6.15. The largest absolute Gasteiger partial charge is 0.334 e. The number of carbonyl (C=O) groups is 1. The first-order valence-electron chi connectivity index (χ1n) is 5.61. The van der Waals surface area contributed by atoms with E-state index in [4.69, 9.17) is 11.6 Å². The first kappa shape index (κ1) is 11.5. The molecule has 0 N–H and O–H groups in total. The van der Waals surface area contributed by atoms with Gasteiger partial charge in [-0.15, -0.1) is 11.6 Å². The molecule has 86 valence electrons. The zero-order valence-electron chi connectivity index (χ0n) is 9.45. The van der Waals surface area contributed by atoms with Crippen molar-refractivity contribution in [3.63, 3.8) is 0 Å². The Hall–Kier alpha value is -1.02. The SMILES string of the molecule is Cc1cccc(CN(C(=O)CCl)C2CC2)c1. The van der Waals surface area contributed by atoms with Crippen molar-refractivity contribution in [2.24, 2.45) is 0 Å². The van der Waals surface area contributed by atoms with Crippen molar-refractivity contribution in [2.75, 3.05) is 5.88 Å². The standard InChI is InChI=1S/C13H16ClNO/c1-10-3-2-4-11(7-10)9-15(12-5-6-12)13(16)8-14/h2-4,7,12H,5-6,8-9H2,1H3. The Morgan fingerprint density at radius 1 is 1.50 bits per heavy atom. The number of hydrogen-bond acceptors (Lipinski definition) is 1. The van der Waals surface area contributed by atoms with Crippen LogP contribution in [0.2, 0.25) is 0 Å². The molecular formula is C13H16ClNO. The van der Waals surface area contributed by atoms with E-state index in [1.54, 1.807) is 0 Å². The molecule has 0 unspecified atom stereocenters. The molecule has 2 nitrogen and oxygen atoms in total. The summed E-state index contributed by atoms with van der Waals surface area (Å²) in [5.41, 5.74) is 2.41. The molecular weight excluding hydrogens is 222 g/mol. The van der Waals surface area contributed by atoms with Crippen LogP contribution in [0.4, 0.5) is 0 Å². The first-order chi connectivity index (χ1) is 7.70. The van der Waals surface area contributed by atoms with E-state index in [0.717, 1.165) is 12.8 Å². The van der Waals surface area contributed by atoms with Crippen molar-refractivity contribution in [1.29, 1.82) is 0 Å². The number of halogens is 1. The van der Waals surface area contributed by atoms with Crippen LogP contribution < -0.4 is 0 Å². The maximum absolute atomic E-state index is 11.7. The number of nitrogens with zero attached hydrogens (tertiary/aromatic N) is 1. The molecule has 0 saturated heterocycles. The summed E-state index contributed by atoms with van der Waals surface area (Å²) in [7, 11) is 0. The van der Waals surface area contributed by atoms with Gasteiger partial charge in [-0.05, 0) is 25.3 Å². The second kappa shape index (κ2) is 4.88. The summed E-state index contributed by atoms with van der Waals surface area (Å²) in [6, 6.07) is 8.70. The van der Waals surface area contributed by atoms with E-state index in [-0.39, 0.29) is 11.8 Å². The van der Waals surface area contributed by atoms with Crippen LogP contribution in [-0.4, -0.2) is 22.7 Å². The zero-order chi connectivity index (χ0) is 11.5. The number of benzene rings is 1. The average molecular weight is 238 g/mol. The Balaban J connectivity index is 2.08. The molecule has 1 fully saturated rings. The molecule has 0 spiro atoms. The number of carbonyl (C=O) groups excluding carboxylic acids is 1. The van der Waals surface area contributed by atoms with Crippen LogP contribution in [0.5, 0.6) is 0 Å². The monoisotopic (exact) mass is 237 g/mol. The topological polar surface area (TPSA) is 20.3 Å². The second-order valence-corrected chi connectivity index (χ2v) is 4.64. The summed E-state index contributed by atoms with van der Waals surface area (Å²) in [6.07, 6.45) is 2.24. The zero-order valence-corrected chi connectivity index (χ0v) is 10.2. The molecule has 1 aliphatic rings. The highest BCUT2D eigenvalue weighted by atomic mass is 35.5. The second-order valence-electron chi connectivity index (χ2n) is 4.38. The molecule has 1 amide bonds. The fraction of sp³-hybridized carbons (Fsp3) is 0.462. The van der Waals surface area contributed by atoms with Gasteiger partial charge in [-0.1, -0.05) is 29.8 Å².